The Morgan fingerprint density at radius 3 is 2.44 bits per heavy atom. The van der Waals surface area contributed by atoms with E-state index in [1.54, 1.807) is 19.1 Å². The molecule has 0 aliphatic carbocycles. The SMILES string of the molecule is Cc1ccc(C)c([C@H](N)C(F)(F)CO)c1.Cl. The molecule has 2 nitrogen and oxygen atoms in total. The van der Waals surface area contributed by atoms with Crippen LogP contribution in [0, 0.1) is 13.8 Å². The zero-order chi connectivity index (χ0) is 11.6. The molecule has 1 rings (SSSR count). The fourth-order valence-corrected chi connectivity index (χ4v) is 1.42. The van der Waals surface area contributed by atoms with Crippen molar-refractivity contribution in [2.75, 3.05) is 6.61 Å². The Hall–Kier alpha value is -0.710. The van der Waals surface area contributed by atoms with Crippen LogP contribution in [0.2, 0.25) is 0 Å². The minimum absolute atomic E-state index is 0. The Labute approximate surface area is 99.9 Å². The van der Waals surface area contributed by atoms with Crippen LogP contribution >= 0.6 is 12.4 Å². The van der Waals surface area contributed by atoms with Crippen LogP contribution in [-0.2, 0) is 0 Å². The molecule has 0 spiro atoms. The highest BCUT2D eigenvalue weighted by atomic mass is 35.5. The molecule has 1 aromatic rings. The van der Waals surface area contributed by atoms with E-state index < -0.39 is 18.6 Å². The predicted octanol–water partition coefficient (Wildman–Crippen LogP) is 2.35. The molecule has 0 amide bonds. The number of rotatable bonds is 3. The summed E-state index contributed by atoms with van der Waals surface area (Å²) in [4.78, 5) is 0. The first-order chi connectivity index (χ1) is 6.88. The standard InChI is InChI=1S/C11H15F2NO.ClH/c1-7-3-4-8(2)9(5-7)10(14)11(12,13)6-15;/h3-5,10,15H,6,14H2,1-2H3;1H/t10-;/m0./s1. The second kappa shape index (κ2) is 5.57. The normalized spacial score (nSPS) is 13.1. The third kappa shape index (κ3) is 3.14. The molecule has 1 atom stereocenters. The van der Waals surface area contributed by atoms with Crippen LogP contribution in [0.1, 0.15) is 22.7 Å². The highest BCUT2D eigenvalue weighted by Crippen LogP contribution is 2.30. The van der Waals surface area contributed by atoms with Gasteiger partial charge in [-0.2, -0.15) is 0 Å². The van der Waals surface area contributed by atoms with Crippen LogP contribution in [0.15, 0.2) is 18.2 Å². The third-order valence-corrected chi connectivity index (χ3v) is 2.44. The molecule has 0 saturated carbocycles. The molecule has 0 saturated heterocycles. The van der Waals surface area contributed by atoms with Crippen molar-refractivity contribution in [1.29, 1.82) is 0 Å². The predicted molar refractivity (Wildman–Crippen MR) is 62.1 cm³/mol. The number of halogens is 3. The van der Waals surface area contributed by atoms with Crippen molar-refractivity contribution in [3.63, 3.8) is 0 Å². The van der Waals surface area contributed by atoms with Gasteiger partial charge in [0.25, 0.3) is 5.92 Å². The molecular formula is C11H16ClF2NO. The number of aliphatic hydroxyl groups is 1. The molecule has 0 radical (unpaired) electrons. The number of aliphatic hydroxyl groups excluding tert-OH is 1. The Morgan fingerprint density at radius 1 is 1.38 bits per heavy atom. The number of benzene rings is 1. The molecule has 3 N–H and O–H groups in total. The Bertz CT molecular complexity index is 358. The first-order valence-electron chi connectivity index (χ1n) is 4.70. The fourth-order valence-electron chi connectivity index (χ4n) is 1.42. The lowest BCUT2D eigenvalue weighted by molar-refractivity contribution is -0.0713. The number of aryl methyl sites for hydroxylation is 2. The topological polar surface area (TPSA) is 46.2 Å². The summed E-state index contributed by atoms with van der Waals surface area (Å²) in [5.74, 6) is -3.28. The van der Waals surface area contributed by atoms with Gasteiger partial charge >= 0.3 is 0 Å². The molecule has 1 aromatic carbocycles. The van der Waals surface area contributed by atoms with Gasteiger partial charge < -0.3 is 10.8 Å². The molecule has 92 valence electrons. The highest BCUT2D eigenvalue weighted by Gasteiger charge is 2.37. The van der Waals surface area contributed by atoms with Gasteiger partial charge in [-0.1, -0.05) is 23.8 Å². The van der Waals surface area contributed by atoms with E-state index in [0.29, 0.717) is 11.1 Å². The molecule has 0 aliphatic heterocycles. The maximum absolute atomic E-state index is 13.2. The minimum atomic E-state index is -3.28. The Kier molecular flexibility index (Phi) is 5.32. The maximum Gasteiger partial charge on any atom is 0.289 e. The van der Waals surface area contributed by atoms with Gasteiger partial charge in [0.15, 0.2) is 0 Å². The van der Waals surface area contributed by atoms with Crippen molar-refractivity contribution >= 4 is 12.4 Å². The van der Waals surface area contributed by atoms with Crippen molar-refractivity contribution in [3.8, 4) is 0 Å². The second-order valence-electron chi connectivity index (χ2n) is 3.76. The quantitative estimate of drug-likeness (QED) is 0.866. The van der Waals surface area contributed by atoms with Crippen molar-refractivity contribution in [2.45, 2.75) is 25.8 Å². The van der Waals surface area contributed by atoms with E-state index >= 15 is 0 Å². The zero-order valence-corrected chi connectivity index (χ0v) is 10.0. The Morgan fingerprint density at radius 2 is 1.94 bits per heavy atom. The maximum atomic E-state index is 13.2. The summed E-state index contributed by atoms with van der Waals surface area (Å²) in [7, 11) is 0. The van der Waals surface area contributed by atoms with E-state index in [1.807, 2.05) is 13.0 Å². The summed E-state index contributed by atoms with van der Waals surface area (Å²) in [5.41, 5.74) is 7.41. The first-order valence-corrected chi connectivity index (χ1v) is 4.70. The average Bonchev–Trinajstić information content (AvgIpc) is 2.20. The molecule has 0 heterocycles. The smallest absolute Gasteiger partial charge is 0.289 e. The van der Waals surface area contributed by atoms with Crippen molar-refractivity contribution in [3.05, 3.63) is 34.9 Å². The van der Waals surface area contributed by atoms with Crippen LogP contribution in [0.3, 0.4) is 0 Å². The van der Waals surface area contributed by atoms with Gasteiger partial charge in [-0.05, 0) is 25.0 Å². The lowest BCUT2D eigenvalue weighted by Gasteiger charge is -2.23. The monoisotopic (exact) mass is 251 g/mol. The lowest BCUT2D eigenvalue weighted by Crippen LogP contribution is -2.36. The molecule has 0 fully saturated rings. The Balaban J connectivity index is 0.00000225. The molecule has 0 aromatic heterocycles. The minimum Gasteiger partial charge on any atom is -0.390 e. The van der Waals surface area contributed by atoms with Crippen molar-refractivity contribution in [2.24, 2.45) is 5.73 Å². The van der Waals surface area contributed by atoms with Gasteiger partial charge in [-0.25, -0.2) is 8.78 Å². The van der Waals surface area contributed by atoms with E-state index in [4.69, 9.17) is 10.8 Å². The van der Waals surface area contributed by atoms with Gasteiger partial charge in [0.1, 0.15) is 6.61 Å². The summed E-state index contributed by atoms with van der Waals surface area (Å²) in [5, 5.41) is 8.56. The highest BCUT2D eigenvalue weighted by molar-refractivity contribution is 5.85. The third-order valence-electron chi connectivity index (χ3n) is 2.44. The van der Waals surface area contributed by atoms with E-state index in [1.165, 1.54) is 0 Å². The molecule has 0 bridgehead atoms. The lowest BCUT2D eigenvalue weighted by atomic mass is 9.95. The fraction of sp³-hybridized carbons (Fsp3) is 0.455. The van der Waals surface area contributed by atoms with E-state index in [-0.39, 0.29) is 12.4 Å². The number of nitrogens with two attached hydrogens (primary N) is 1. The van der Waals surface area contributed by atoms with Gasteiger partial charge in [0.2, 0.25) is 0 Å². The summed E-state index contributed by atoms with van der Waals surface area (Å²) >= 11 is 0. The summed E-state index contributed by atoms with van der Waals surface area (Å²) in [6.45, 7) is 2.30. The van der Waals surface area contributed by atoms with Crippen LogP contribution in [0.4, 0.5) is 8.78 Å². The van der Waals surface area contributed by atoms with E-state index in [2.05, 4.69) is 0 Å². The van der Waals surface area contributed by atoms with E-state index in [9.17, 15) is 8.78 Å². The second-order valence-corrected chi connectivity index (χ2v) is 3.76. The van der Waals surface area contributed by atoms with Gasteiger partial charge in [-0.15, -0.1) is 12.4 Å². The molecule has 5 heteroatoms. The van der Waals surface area contributed by atoms with Crippen LogP contribution in [-0.4, -0.2) is 17.6 Å². The largest absolute Gasteiger partial charge is 0.390 e. The average molecular weight is 252 g/mol. The van der Waals surface area contributed by atoms with Gasteiger partial charge in [-0.3, -0.25) is 0 Å². The van der Waals surface area contributed by atoms with Gasteiger partial charge in [0, 0.05) is 0 Å². The van der Waals surface area contributed by atoms with Crippen LogP contribution < -0.4 is 5.73 Å². The first kappa shape index (κ1) is 15.3. The number of alkyl halides is 2. The molecule has 16 heavy (non-hydrogen) atoms. The molecule has 0 aliphatic rings. The molecular weight excluding hydrogens is 236 g/mol. The van der Waals surface area contributed by atoms with Crippen LogP contribution in [0.5, 0.6) is 0 Å². The zero-order valence-electron chi connectivity index (χ0n) is 9.21. The van der Waals surface area contributed by atoms with Crippen molar-refractivity contribution in [1.82, 2.24) is 0 Å². The summed E-state index contributed by atoms with van der Waals surface area (Å²) < 4.78 is 26.3. The van der Waals surface area contributed by atoms with Gasteiger partial charge in [0.05, 0.1) is 6.04 Å². The number of hydrogen-bond donors (Lipinski definition) is 2. The van der Waals surface area contributed by atoms with Crippen LogP contribution in [0.25, 0.3) is 0 Å². The number of hydrogen-bond acceptors (Lipinski definition) is 2. The summed E-state index contributed by atoms with van der Waals surface area (Å²) in [6.07, 6.45) is 0. The molecule has 0 unspecified atom stereocenters. The summed E-state index contributed by atoms with van der Waals surface area (Å²) in [6, 6.07) is 3.76. The van der Waals surface area contributed by atoms with Crippen molar-refractivity contribution < 1.29 is 13.9 Å². The van der Waals surface area contributed by atoms with E-state index in [0.717, 1.165) is 5.56 Å².